The van der Waals surface area contributed by atoms with Crippen molar-refractivity contribution in [3.05, 3.63) is 35.9 Å². The third-order valence-corrected chi connectivity index (χ3v) is 3.99. The van der Waals surface area contributed by atoms with Crippen molar-refractivity contribution < 1.29 is 4.79 Å². The second kappa shape index (κ2) is 8.12. The SMILES string of the molecule is CN(CCN1CCN(C(=O)CN)CC1)Cc1ccccc1. The van der Waals surface area contributed by atoms with Gasteiger partial charge in [-0.2, -0.15) is 0 Å². The van der Waals surface area contributed by atoms with Crippen molar-refractivity contribution in [1.82, 2.24) is 14.7 Å². The van der Waals surface area contributed by atoms with Gasteiger partial charge in [0.15, 0.2) is 0 Å². The first-order chi connectivity index (χ1) is 10.2. The molecule has 1 heterocycles. The second-order valence-electron chi connectivity index (χ2n) is 5.65. The Hall–Kier alpha value is -1.43. The molecule has 0 saturated carbocycles. The zero-order valence-electron chi connectivity index (χ0n) is 12.9. The summed E-state index contributed by atoms with van der Waals surface area (Å²) in [4.78, 5) is 18.1. The smallest absolute Gasteiger partial charge is 0.236 e. The molecule has 5 nitrogen and oxygen atoms in total. The molecule has 1 saturated heterocycles. The van der Waals surface area contributed by atoms with E-state index < -0.39 is 0 Å². The Labute approximate surface area is 127 Å². The number of hydrogen-bond donors (Lipinski definition) is 1. The summed E-state index contributed by atoms with van der Waals surface area (Å²) in [5.74, 6) is 0.0656. The van der Waals surface area contributed by atoms with Crippen LogP contribution in [0.1, 0.15) is 5.56 Å². The second-order valence-corrected chi connectivity index (χ2v) is 5.65. The Bertz CT molecular complexity index is 429. The van der Waals surface area contributed by atoms with Gasteiger partial charge >= 0.3 is 0 Å². The van der Waals surface area contributed by atoms with E-state index >= 15 is 0 Å². The minimum absolute atomic E-state index is 0.0656. The predicted octanol–water partition coefficient (Wildman–Crippen LogP) is 0.221. The summed E-state index contributed by atoms with van der Waals surface area (Å²) in [7, 11) is 2.15. The molecule has 0 unspecified atom stereocenters. The van der Waals surface area contributed by atoms with E-state index in [0.717, 1.165) is 45.8 Å². The molecule has 1 amide bonds. The van der Waals surface area contributed by atoms with Crippen LogP contribution in [-0.4, -0.2) is 73.5 Å². The molecular weight excluding hydrogens is 264 g/mol. The van der Waals surface area contributed by atoms with Crippen molar-refractivity contribution in [3.63, 3.8) is 0 Å². The number of amides is 1. The average molecular weight is 290 g/mol. The van der Waals surface area contributed by atoms with Crippen molar-refractivity contribution in [2.24, 2.45) is 5.73 Å². The maximum Gasteiger partial charge on any atom is 0.236 e. The molecule has 2 rings (SSSR count). The Kier molecular flexibility index (Phi) is 6.17. The van der Waals surface area contributed by atoms with E-state index in [1.807, 2.05) is 11.0 Å². The highest BCUT2D eigenvalue weighted by Crippen LogP contribution is 2.04. The molecule has 0 aromatic heterocycles. The summed E-state index contributed by atoms with van der Waals surface area (Å²) in [6.45, 7) is 6.70. The van der Waals surface area contributed by atoms with Crippen LogP contribution in [0.25, 0.3) is 0 Å². The van der Waals surface area contributed by atoms with Gasteiger partial charge in [-0.3, -0.25) is 9.69 Å². The quantitative estimate of drug-likeness (QED) is 0.814. The summed E-state index contributed by atoms with van der Waals surface area (Å²) in [5.41, 5.74) is 6.74. The number of nitrogens with zero attached hydrogens (tertiary/aromatic N) is 3. The van der Waals surface area contributed by atoms with Crippen molar-refractivity contribution >= 4 is 5.91 Å². The van der Waals surface area contributed by atoms with Crippen LogP contribution in [0.4, 0.5) is 0 Å². The van der Waals surface area contributed by atoms with Gasteiger partial charge in [0.25, 0.3) is 0 Å². The zero-order chi connectivity index (χ0) is 15.1. The van der Waals surface area contributed by atoms with Crippen LogP contribution in [-0.2, 0) is 11.3 Å². The van der Waals surface area contributed by atoms with Gasteiger partial charge in [-0.1, -0.05) is 30.3 Å². The first-order valence-electron chi connectivity index (χ1n) is 7.61. The van der Waals surface area contributed by atoms with Crippen LogP contribution < -0.4 is 5.73 Å². The Morgan fingerprint density at radius 1 is 1.19 bits per heavy atom. The van der Waals surface area contributed by atoms with Crippen LogP contribution in [0, 0.1) is 0 Å². The molecule has 1 aliphatic heterocycles. The van der Waals surface area contributed by atoms with Gasteiger partial charge in [-0.05, 0) is 12.6 Å². The number of nitrogens with two attached hydrogens (primary N) is 1. The van der Waals surface area contributed by atoms with Gasteiger partial charge in [0.1, 0.15) is 0 Å². The molecule has 1 aromatic carbocycles. The van der Waals surface area contributed by atoms with Gasteiger partial charge in [0.05, 0.1) is 6.54 Å². The standard InChI is InChI=1S/C16H26N4O/c1-18(14-15-5-3-2-4-6-15)7-8-19-9-11-20(12-10-19)16(21)13-17/h2-6H,7-14,17H2,1H3. The van der Waals surface area contributed by atoms with E-state index in [0.29, 0.717) is 0 Å². The van der Waals surface area contributed by atoms with Crippen molar-refractivity contribution in [2.45, 2.75) is 6.54 Å². The number of piperazine rings is 1. The van der Waals surface area contributed by atoms with E-state index in [1.54, 1.807) is 0 Å². The molecule has 1 aliphatic rings. The molecule has 0 radical (unpaired) electrons. The minimum atomic E-state index is 0.0656. The zero-order valence-corrected chi connectivity index (χ0v) is 12.9. The minimum Gasteiger partial charge on any atom is -0.339 e. The number of benzene rings is 1. The number of rotatable bonds is 6. The molecule has 21 heavy (non-hydrogen) atoms. The fourth-order valence-electron chi connectivity index (χ4n) is 2.64. The number of carbonyl (C=O) groups is 1. The highest BCUT2D eigenvalue weighted by molar-refractivity contribution is 5.78. The van der Waals surface area contributed by atoms with Gasteiger partial charge in [0.2, 0.25) is 5.91 Å². The summed E-state index contributed by atoms with van der Waals surface area (Å²) in [6.07, 6.45) is 0. The van der Waals surface area contributed by atoms with E-state index in [9.17, 15) is 4.79 Å². The van der Waals surface area contributed by atoms with Crippen LogP contribution in [0.15, 0.2) is 30.3 Å². The summed E-state index contributed by atoms with van der Waals surface area (Å²) in [5, 5.41) is 0. The molecule has 0 atom stereocenters. The molecule has 1 fully saturated rings. The van der Waals surface area contributed by atoms with E-state index in [2.05, 4.69) is 41.1 Å². The largest absolute Gasteiger partial charge is 0.339 e. The van der Waals surface area contributed by atoms with Gasteiger partial charge in [-0.15, -0.1) is 0 Å². The lowest BCUT2D eigenvalue weighted by Crippen LogP contribution is -2.51. The monoisotopic (exact) mass is 290 g/mol. The molecule has 116 valence electrons. The lowest BCUT2D eigenvalue weighted by Gasteiger charge is -2.35. The lowest BCUT2D eigenvalue weighted by atomic mass is 10.2. The maximum atomic E-state index is 11.5. The van der Waals surface area contributed by atoms with Gasteiger partial charge < -0.3 is 15.5 Å². The van der Waals surface area contributed by atoms with Crippen molar-refractivity contribution in [1.29, 1.82) is 0 Å². The fraction of sp³-hybridized carbons (Fsp3) is 0.562. The Morgan fingerprint density at radius 3 is 2.48 bits per heavy atom. The maximum absolute atomic E-state index is 11.5. The molecule has 2 N–H and O–H groups in total. The first kappa shape index (κ1) is 15.9. The van der Waals surface area contributed by atoms with Crippen LogP contribution >= 0.6 is 0 Å². The lowest BCUT2D eigenvalue weighted by molar-refractivity contribution is -0.131. The fourth-order valence-corrected chi connectivity index (χ4v) is 2.64. The number of hydrogen-bond acceptors (Lipinski definition) is 4. The van der Waals surface area contributed by atoms with Gasteiger partial charge in [-0.25, -0.2) is 0 Å². The molecular formula is C16H26N4O. The topological polar surface area (TPSA) is 52.8 Å². The molecule has 0 aliphatic carbocycles. The summed E-state index contributed by atoms with van der Waals surface area (Å²) < 4.78 is 0. The summed E-state index contributed by atoms with van der Waals surface area (Å²) >= 11 is 0. The molecule has 0 spiro atoms. The first-order valence-corrected chi connectivity index (χ1v) is 7.61. The van der Waals surface area contributed by atoms with E-state index in [-0.39, 0.29) is 12.5 Å². The third-order valence-electron chi connectivity index (χ3n) is 3.99. The third kappa shape index (κ3) is 5.12. The van der Waals surface area contributed by atoms with Crippen LogP contribution in [0.5, 0.6) is 0 Å². The van der Waals surface area contributed by atoms with E-state index in [4.69, 9.17) is 5.73 Å². The highest BCUT2D eigenvalue weighted by atomic mass is 16.2. The van der Waals surface area contributed by atoms with Crippen LogP contribution in [0.3, 0.4) is 0 Å². The van der Waals surface area contributed by atoms with Crippen LogP contribution in [0.2, 0.25) is 0 Å². The Balaban J connectivity index is 1.66. The molecule has 0 bridgehead atoms. The van der Waals surface area contributed by atoms with Crippen molar-refractivity contribution in [3.8, 4) is 0 Å². The molecule has 5 heteroatoms. The Morgan fingerprint density at radius 2 is 1.86 bits per heavy atom. The predicted molar refractivity (Wildman–Crippen MR) is 84.9 cm³/mol. The molecule has 1 aromatic rings. The number of likely N-dealkylation sites (N-methyl/N-ethyl adjacent to an activating group) is 1. The normalized spacial score (nSPS) is 16.4. The van der Waals surface area contributed by atoms with E-state index in [1.165, 1.54) is 5.56 Å². The average Bonchev–Trinajstić information content (AvgIpc) is 2.53. The summed E-state index contributed by atoms with van der Waals surface area (Å²) in [6, 6.07) is 10.5. The van der Waals surface area contributed by atoms with Crippen molar-refractivity contribution in [2.75, 3.05) is 52.9 Å². The van der Waals surface area contributed by atoms with Gasteiger partial charge in [0, 0.05) is 45.8 Å². The highest BCUT2D eigenvalue weighted by Gasteiger charge is 2.19. The number of carbonyl (C=O) groups excluding carboxylic acids is 1.